The zero-order valence-corrected chi connectivity index (χ0v) is 8.66. The Morgan fingerprint density at radius 3 is 2.73 bits per heavy atom. The summed E-state index contributed by atoms with van der Waals surface area (Å²) in [4.78, 5) is 11.6. The first-order chi connectivity index (χ1) is 7.19. The molecule has 0 aliphatic carbocycles. The monoisotopic (exact) mass is 210 g/mol. The van der Waals surface area contributed by atoms with Crippen LogP contribution in [0.5, 0.6) is 0 Å². The molecule has 0 bridgehead atoms. The van der Waals surface area contributed by atoms with Crippen molar-refractivity contribution in [3.8, 4) is 0 Å². The largest absolute Gasteiger partial charge is 0.348 e. The molecule has 0 spiro atoms. The van der Waals surface area contributed by atoms with Crippen LogP contribution in [-0.2, 0) is 0 Å². The summed E-state index contributed by atoms with van der Waals surface area (Å²) in [5.41, 5.74) is 5.50. The topological polar surface area (TPSA) is 55.1 Å². The number of hydrogen-bond donors (Lipinski definition) is 2. The third kappa shape index (κ3) is 3.02. The third-order valence-corrected chi connectivity index (χ3v) is 2.23. The molecule has 1 aromatic rings. The summed E-state index contributed by atoms with van der Waals surface area (Å²) in [6.07, 6.45) is 0.733. The van der Waals surface area contributed by atoms with Crippen LogP contribution in [0.25, 0.3) is 0 Å². The molecule has 3 nitrogen and oxygen atoms in total. The highest BCUT2D eigenvalue weighted by Crippen LogP contribution is 2.06. The molecule has 1 atom stereocenters. The Morgan fingerprint density at radius 2 is 2.20 bits per heavy atom. The quantitative estimate of drug-likeness (QED) is 0.786. The highest BCUT2D eigenvalue weighted by molar-refractivity contribution is 5.94. The fraction of sp³-hybridized carbons (Fsp3) is 0.364. The SMILES string of the molecule is CCC(CN)NC(=O)c1ccccc1F. The standard InChI is InChI=1S/C11H15FN2O/c1-2-8(7-13)14-11(15)9-5-3-4-6-10(9)12/h3-6,8H,2,7,13H2,1H3,(H,14,15). The van der Waals surface area contributed by atoms with Gasteiger partial charge in [0.2, 0.25) is 0 Å². The summed E-state index contributed by atoms with van der Waals surface area (Å²) >= 11 is 0. The van der Waals surface area contributed by atoms with Crippen LogP contribution in [0.1, 0.15) is 23.7 Å². The maximum atomic E-state index is 13.2. The van der Waals surface area contributed by atoms with Crippen LogP contribution in [0.2, 0.25) is 0 Å². The van der Waals surface area contributed by atoms with E-state index in [4.69, 9.17) is 5.73 Å². The van der Waals surface area contributed by atoms with E-state index in [0.717, 1.165) is 6.42 Å². The number of amides is 1. The van der Waals surface area contributed by atoms with Crippen molar-refractivity contribution in [2.45, 2.75) is 19.4 Å². The average molecular weight is 210 g/mol. The van der Waals surface area contributed by atoms with Gasteiger partial charge < -0.3 is 11.1 Å². The third-order valence-electron chi connectivity index (χ3n) is 2.23. The van der Waals surface area contributed by atoms with Gasteiger partial charge in [0.15, 0.2) is 0 Å². The molecular weight excluding hydrogens is 195 g/mol. The van der Waals surface area contributed by atoms with Gasteiger partial charge >= 0.3 is 0 Å². The molecule has 0 saturated carbocycles. The lowest BCUT2D eigenvalue weighted by atomic mass is 10.1. The number of carbonyl (C=O) groups excluding carboxylic acids is 1. The maximum Gasteiger partial charge on any atom is 0.254 e. The molecule has 15 heavy (non-hydrogen) atoms. The van der Waals surface area contributed by atoms with Gasteiger partial charge in [-0.2, -0.15) is 0 Å². The van der Waals surface area contributed by atoms with Gasteiger partial charge in [0.05, 0.1) is 5.56 Å². The van der Waals surface area contributed by atoms with Crippen LogP contribution >= 0.6 is 0 Å². The molecule has 3 N–H and O–H groups in total. The first kappa shape index (κ1) is 11.7. The number of hydrogen-bond acceptors (Lipinski definition) is 2. The van der Waals surface area contributed by atoms with E-state index < -0.39 is 11.7 Å². The van der Waals surface area contributed by atoms with Crippen LogP contribution in [-0.4, -0.2) is 18.5 Å². The van der Waals surface area contributed by atoms with E-state index in [2.05, 4.69) is 5.32 Å². The van der Waals surface area contributed by atoms with Gasteiger partial charge in [-0.25, -0.2) is 4.39 Å². The second-order valence-corrected chi connectivity index (χ2v) is 3.29. The number of rotatable bonds is 4. The summed E-state index contributed by atoms with van der Waals surface area (Å²) in [7, 11) is 0. The number of halogens is 1. The van der Waals surface area contributed by atoms with Gasteiger partial charge in [0.25, 0.3) is 5.91 Å². The van der Waals surface area contributed by atoms with E-state index >= 15 is 0 Å². The smallest absolute Gasteiger partial charge is 0.254 e. The lowest BCUT2D eigenvalue weighted by molar-refractivity contribution is 0.0933. The molecule has 0 aliphatic rings. The highest BCUT2D eigenvalue weighted by atomic mass is 19.1. The molecule has 1 rings (SSSR count). The molecule has 0 radical (unpaired) electrons. The number of benzene rings is 1. The molecular formula is C11H15FN2O. The molecule has 82 valence electrons. The van der Waals surface area contributed by atoms with Crippen LogP contribution in [0.4, 0.5) is 4.39 Å². The van der Waals surface area contributed by atoms with Gasteiger partial charge in [-0.05, 0) is 18.6 Å². The van der Waals surface area contributed by atoms with Crippen molar-refractivity contribution in [1.29, 1.82) is 0 Å². The predicted octanol–water partition coefficient (Wildman–Crippen LogP) is 1.29. The number of nitrogens with one attached hydrogen (secondary N) is 1. The van der Waals surface area contributed by atoms with E-state index in [1.54, 1.807) is 12.1 Å². The van der Waals surface area contributed by atoms with Gasteiger partial charge in [-0.15, -0.1) is 0 Å². The molecule has 0 fully saturated rings. The zero-order chi connectivity index (χ0) is 11.3. The van der Waals surface area contributed by atoms with Gasteiger partial charge in [0, 0.05) is 12.6 Å². The van der Waals surface area contributed by atoms with E-state index in [-0.39, 0.29) is 11.6 Å². The highest BCUT2D eigenvalue weighted by Gasteiger charge is 2.13. The van der Waals surface area contributed by atoms with E-state index in [0.29, 0.717) is 6.54 Å². The lowest BCUT2D eigenvalue weighted by Crippen LogP contribution is -2.39. The van der Waals surface area contributed by atoms with Crippen molar-refractivity contribution >= 4 is 5.91 Å². The fourth-order valence-electron chi connectivity index (χ4n) is 1.24. The second-order valence-electron chi connectivity index (χ2n) is 3.29. The zero-order valence-electron chi connectivity index (χ0n) is 8.66. The molecule has 0 saturated heterocycles. The van der Waals surface area contributed by atoms with Crippen molar-refractivity contribution in [2.24, 2.45) is 5.73 Å². The minimum Gasteiger partial charge on any atom is -0.348 e. The predicted molar refractivity (Wildman–Crippen MR) is 57.0 cm³/mol. The Kier molecular flexibility index (Phi) is 4.24. The van der Waals surface area contributed by atoms with Crippen LogP contribution in [0.3, 0.4) is 0 Å². The van der Waals surface area contributed by atoms with Gasteiger partial charge in [-0.1, -0.05) is 19.1 Å². The second kappa shape index (κ2) is 5.46. The molecule has 1 aromatic carbocycles. The summed E-state index contributed by atoms with van der Waals surface area (Å²) in [6, 6.07) is 5.79. The molecule has 0 aromatic heterocycles. The Bertz CT molecular complexity index is 337. The molecule has 0 aliphatic heterocycles. The van der Waals surface area contributed by atoms with Crippen molar-refractivity contribution in [2.75, 3.05) is 6.54 Å². The fourth-order valence-corrected chi connectivity index (χ4v) is 1.24. The van der Waals surface area contributed by atoms with Crippen molar-refractivity contribution < 1.29 is 9.18 Å². The Morgan fingerprint density at radius 1 is 1.53 bits per heavy atom. The summed E-state index contributed by atoms with van der Waals surface area (Å²) in [5, 5.41) is 2.67. The van der Waals surface area contributed by atoms with E-state index in [9.17, 15) is 9.18 Å². The molecule has 0 heterocycles. The maximum absolute atomic E-state index is 13.2. The minimum absolute atomic E-state index is 0.0596. The van der Waals surface area contributed by atoms with Gasteiger partial charge in [-0.3, -0.25) is 4.79 Å². The molecule has 1 amide bonds. The number of nitrogens with two attached hydrogens (primary N) is 1. The average Bonchev–Trinajstić information content (AvgIpc) is 2.26. The van der Waals surface area contributed by atoms with E-state index in [1.807, 2.05) is 6.92 Å². The lowest BCUT2D eigenvalue weighted by Gasteiger charge is -2.14. The van der Waals surface area contributed by atoms with Crippen molar-refractivity contribution in [3.05, 3.63) is 35.6 Å². The summed E-state index contributed by atoms with van der Waals surface area (Å²) in [6.45, 7) is 2.27. The van der Waals surface area contributed by atoms with Crippen molar-refractivity contribution in [3.63, 3.8) is 0 Å². The first-order valence-electron chi connectivity index (χ1n) is 4.94. The molecule has 4 heteroatoms. The normalized spacial score (nSPS) is 12.2. The number of carbonyl (C=O) groups is 1. The molecule has 1 unspecified atom stereocenters. The van der Waals surface area contributed by atoms with E-state index in [1.165, 1.54) is 12.1 Å². The minimum atomic E-state index is -0.512. The van der Waals surface area contributed by atoms with Crippen molar-refractivity contribution in [1.82, 2.24) is 5.32 Å². The Labute approximate surface area is 88.5 Å². The van der Waals surface area contributed by atoms with Crippen LogP contribution in [0.15, 0.2) is 24.3 Å². The first-order valence-corrected chi connectivity index (χ1v) is 4.94. The van der Waals surface area contributed by atoms with Crippen LogP contribution < -0.4 is 11.1 Å². The Balaban J connectivity index is 2.73. The Hall–Kier alpha value is -1.42. The summed E-state index contributed by atoms with van der Waals surface area (Å²) < 4.78 is 13.2. The summed E-state index contributed by atoms with van der Waals surface area (Å²) in [5.74, 6) is -0.924. The van der Waals surface area contributed by atoms with Gasteiger partial charge in [0.1, 0.15) is 5.82 Å². The van der Waals surface area contributed by atoms with Crippen LogP contribution in [0, 0.1) is 5.82 Å².